The highest BCUT2D eigenvalue weighted by Gasteiger charge is 2.51. The molecule has 0 spiro atoms. The highest BCUT2D eigenvalue weighted by atomic mass is 32.1. The number of anilines is 1. The minimum atomic E-state index is 0.207. The maximum absolute atomic E-state index is 6.27. The minimum Gasteiger partial charge on any atom is -0.346 e. The summed E-state index contributed by atoms with van der Waals surface area (Å²) in [6, 6.07) is 0. The SMILES string of the molecule is CC1CC(C)(C)CC1(CN)N1CCN(c2nccs2)CC1. The first-order valence-corrected chi connectivity index (χ1v) is 8.94. The van der Waals surface area contributed by atoms with Crippen LogP contribution in [0.2, 0.25) is 0 Å². The van der Waals surface area contributed by atoms with Crippen LogP contribution >= 0.6 is 11.3 Å². The fourth-order valence-corrected chi connectivity index (χ4v) is 5.33. The lowest BCUT2D eigenvalue weighted by molar-refractivity contribution is 0.0534. The molecule has 1 aliphatic heterocycles. The van der Waals surface area contributed by atoms with Crippen molar-refractivity contribution in [2.45, 2.75) is 39.2 Å². The number of rotatable bonds is 3. The molecule has 1 saturated heterocycles. The summed E-state index contributed by atoms with van der Waals surface area (Å²) in [4.78, 5) is 9.53. The molecule has 2 unspecified atom stereocenters. The molecule has 1 aromatic heterocycles. The summed E-state index contributed by atoms with van der Waals surface area (Å²) in [6.07, 6.45) is 4.42. The van der Waals surface area contributed by atoms with Crippen molar-refractivity contribution < 1.29 is 0 Å². The standard InChI is InChI=1S/C16H28N4S/c1-13-10-15(2,3)11-16(13,12-17)20-7-5-19(6-8-20)14-18-4-9-21-14/h4,9,13H,5-8,10-12,17H2,1-3H3. The quantitative estimate of drug-likeness (QED) is 0.931. The molecule has 5 heteroatoms. The van der Waals surface area contributed by atoms with Gasteiger partial charge < -0.3 is 10.6 Å². The third-order valence-electron chi connectivity index (χ3n) is 5.51. The van der Waals surface area contributed by atoms with Gasteiger partial charge in [0.25, 0.3) is 0 Å². The summed E-state index contributed by atoms with van der Waals surface area (Å²) in [5.74, 6) is 0.684. The van der Waals surface area contributed by atoms with Gasteiger partial charge in [-0.05, 0) is 24.2 Å². The Bertz CT molecular complexity index is 465. The highest BCUT2D eigenvalue weighted by Crippen LogP contribution is 2.50. The zero-order valence-corrected chi connectivity index (χ0v) is 14.3. The molecule has 118 valence electrons. The summed E-state index contributed by atoms with van der Waals surface area (Å²) in [7, 11) is 0. The van der Waals surface area contributed by atoms with Gasteiger partial charge in [0.1, 0.15) is 0 Å². The molecule has 1 saturated carbocycles. The minimum absolute atomic E-state index is 0.207. The Kier molecular flexibility index (Phi) is 4.01. The second-order valence-electron chi connectivity index (χ2n) is 7.54. The Balaban J connectivity index is 1.70. The zero-order valence-electron chi connectivity index (χ0n) is 13.5. The van der Waals surface area contributed by atoms with Gasteiger partial charge in [0, 0.05) is 49.8 Å². The first-order valence-electron chi connectivity index (χ1n) is 8.06. The van der Waals surface area contributed by atoms with Crippen LogP contribution in [0.4, 0.5) is 5.13 Å². The van der Waals surface area contributed by atoms with Crippen LogP contribution in [0.3, 0.4) is 0 Å². The van der Waals surface area contributed by atoms with E-state index in [1.165, 1.54) is 12.8 Å². The fourth-order valence-electron chi connectivity index (χ4n) is 4.64. The molecule has 4 nitrogen and oxygen atoms in total. The lowest BCUT2D eigenvalue weighted by atomic mass is 9.84. The number of nitrogens with zero attached hydrogens (tertiary/aromatic N) is 3. The van der Waals surface area contributed by atoms with Crippen LogP contribution in [0.15, 0.2) is 11.6 Å². The van der Waals surface area contributed by atoms with E-state index >= 15 is 0 Å². The van der Waals surface area contributed by atoms with Crippen LogP contribution in [-0.2, 0) is 0 Å². The van der Waals surface area contributed by atoms with Gasteiger partial charge in [-0.2, -0.15) is 0 Å². The third-order valence-corrected chi connectivity index (χ3v) is 6.35. The zero-order chi connectivity index (χ0) is 15.1. The first-order chi connectivity index (χ1) is 9.97. The average Bonchev–Trinajstić information content (AvgIpc) is 3.05. The lowest BCUT2D eigenvalue weighted by Gasteiger charge is -2.48. The Morgan fingerprint density at radius 1 is 1.33 bits per heavy atom. The van der Waals surface area contributed by atoms with E-state index in [1.807, 2.05) is 6.20 Å². The molecule has 2 N–H and O–H groups in total. The van der Waals surface area contributed by atoms with E-state index in [2.05, 4.69) is 40.9 Å². The maximum Gasteiger partial charge on any atom is 0.185 e. The normalized spacial score (nSPS) is 33.5. The topological polar surface area (TPSA) is 45.4 Å². The molecule has 0 radical (unpaired) electrons. The summed E-state index contributed by atoms with van der Waals surface area (Å²) in [6.45, 7) is 12.3. The van der Waals surface area contributed by atoms with Gasteiger partial charge in [-0.15, -0.1) is 11.3 Å². The van der Waals surface area contributed by atoms with E-state index in [9.17, 15) is 0 Å². The predicted molar refractivity (Wildman–Crippen MR) is 89.9 cm³/mol. The van der Waals surface area contributed by atoms with Gasteiger partial charge in [0.2, 0.25) is 0 Å². The van der Waals surface area contributed by atoms with Gasteiger partial charge >= 0.3 is 0 Å². The van der Waals surface area contributed by atoms with Crippen molar-refractivity contribution in [3.05, 3.63) is 11.6 Å². The summed E-state index contributed by atoms with van der Waals surface area (Å²) < 4.78 is 0. The second kappa shape index (κ2) is 5.52. The van der Waals surface area contributed by atoms with Crippen molar-refractivity contribution in [2.75, 3.05) is 37.6 Å². The second-order valence-corrected chi connectivity index (χ2v) is 8.42. The molecule has 2 atom stereocenters. The van der Waals surface area contributed by atoms with Crippen molar-refractivity contribution in [1.29, 1.82) is 0 Å². The van der Waals surface area contributed by atoms with Crippen molar-refractivity contribution >= 4 is 16.5 Å². The summed E-state index contributed by atoms with van der Waals surface area (Å²) in [5.41, 5.74) is 6.90. The van der Waals surface area contributed by atoms with Gasteiger partial charge in [0.15, 0.2) is 5.13 Å². The van der Waals surface area contributed by atoms with Crippen LogP contribution in [0, 0.1) is 11.3 Å². The number of piperazine rings is 1. The molecular weight excluding hydrogens is 280 g/mol. The van der Waals surface area contributed by atoms with Gasteiger partial charge in [0.05, 0.1) is 0 Å². The number of thiazole rings is 1. The summed E-state index contributed by atoms with van der Waals surface area (Å²) in [5, 5.41) is 3.22. The van der Waals surface area contributed by atoms with E-state index < -0.39 is 0 Å². The van der Waals surface area contributed by atoms with Crippen molar-refractivity contribution in [1.82, 2.24) is 9.88 Å². The van der Waals surface area contributed by atoms with E-state index in [0.717, 1.165) is 37.9 Å². The highest BCUT2D eigenvalue weighted by molar-refractivity contribution is 7.13. The molecule has 1 aromatic rings. The molecule has 3 rings (SSSR count). The number of hydrogen-bond donors (Lipinski definition) is 1. The van der Waals surface area contributed by atoms with Crippen molar-refractivity contribution in [3.8, 4) is 0 Å². The van der Waals surface area contributed by atoms with Gasteiger partial charge in [-0.3, -0.25) is 4.90 Å². The van der Waals surface area contributed by atoms with Crippen molar-refractivity contribution in [2.24, 2.45) is 17.1 Å². The Morgan fingerprint density at radius 2 is 2.05 bits per heavy atom. The smallest absolute Gasteiger partial charge is 0.185 e. The Labute approximate surface area is 132 Å². The molecule has 2 heterocycles. The van der Waals surface area contributed by atoms with Crippen molar-refractivity contribution in [3.63, 3.8) is 0 Å². The van der Waals surface area contributed by atoms with E-state index in [0.29, 0.717) is 11.3 Å². The molecule has 21 heavy (non-hydrogen) atoms. The molecule has 0 bridgehead atoms. The number of nitrogens with two attached hydrogens (primary N) is 1. The third kappa shape index (κ3) is 2.71. The Morgan fingerprint density at radius 3 is 2.52 bits per heavy atom. The fraction of sp³-hybridized carbons (Fsp3) is 0.812. The number of aromatic nitrogens is 1. The predicted octanol–water partition coefficient (Wildman–Crippen LogP) is 2.42. The first kappa shape index (κ1) is 15.3. The van der Waals surface area contributed by atoms with Crippen LogP contribution in [0.1, 0.15) is 33.6 Å². The van der Waals surface area contributed by atoms with E-state index in [1.54, 1.807) is 11.3 Å². The van der Waals surface area contributed by atoms with Crippen LogP contribution in [0.25, 0.3) is 0 Å². The molecular formula is C16H28N4S. The van der Waals surface area contributed by atoms with Crippen LogP contribution < -0.4 is 10.6 Å². The molecule has 1 aliphatic carbocycles. The van der Waals surface area contributed by atoms with Gasteiger partial charge in [-0.25, -0.2) is 4.98 Å². The van der Waals surface area contributed by atoms with Crippen LogP contribution in [-0.4, -0.2) is 48.1 Å². The molecule has 0 amide bonds. The summed E-state index contributed by atoms with van der Waals surface area (Å²) >= 11 is 1.74. The van der Waals surface area contributed by atoms with Crippen LogP contribution in [0.5, 0.6) is 0 Å². The molecule has 2 fully saturated rings. The molecule has 2 aliphatic rings. The largest absolute Gasteiger partial charge is 0.346 e. The molecule has 0 aromatic carbocycles. The van der Waals surface area contributed by atoms with E-state index in [-0.39, 0.29) is 5.54 Å². The Hall–Kier alpha value is -0.650. The lowest BCUT2D eigenvalue weighted by Crippen LogP contribution is -2.61. The van der Waals surface area contributed by atoms with Gasteiger partial charge in [-0.1, -0.05) is 20.8 Å². The van der Waals surface area contributed by atoms with E-state index in [4.69, 9.17) is 5.73 Å². The number of hydrogen-bond acceptors (Lipinski definition) is 5. The monoisotopic (exact) mass is 308 g/mol. The maximum atomic E-state index is 6.27. The average molecular weight is 308 g/mol.